The molecular weight excluding hydrogens is 486 g/mol. The molecule has 7 nitrogen and oxygen atoms in total. The number of thiocarbonyl (C=S) groups is 1. The Hall–Kier alpha value is -3.75. The molecule has 1 heterocycles. The van der Waals surface area contributed by atoms with Gasteiger partial charge in [-0.05, 0) is 66.3 Å². The Balaban J connectivity index is 1.60. The molecule has 0 aromatic heterocycles. The van der Waals surface area contributed by atoms with Gasteiger partial charge < -0.3 is 15.0 Å². The molecule has 3 aromatic carbocycles. The van der Waals surface area contributed by atoms with E-state index < -0.39 is 17.9 Å². The second kappa shape index (κ2) is 10.7. The lowest BCUT2D eigenvalue weighted by Crippen LogP contribution is -2.46. The fraction of sp³-hybridized carbons (Fsp3) is 0.154. The topological polar surface area (TPSA) is 79.0 Å². The number of esters is 1. The summed E-state index contributed by atoms with van der Waals surface area (Å²) < 4.78 is 4.71. The third-order valence-electron chi connectivity index (χ3n) is 5.60. The largest absolute Gasteiger partial charge is 0.465 e. The van der Waals surface area contributed by atoms with Crippen LogP contribution in [0.15, 0.2) is 78.9 Å². The average Bonchev–Trinajstić information content (AvgIpc) is 3.17. The van der Waals surface area contributed by atoms with E-state index in [-0.39, 0.29) is 12.3 Å². The molecule has 0 bridgehead atoms. The molecule has 9 heteroatoms. The van der Waals surface area contributed by atoms with Crippen LogP contribution in [0.5, 0.6) is 0 Å². The van der Waals surface area contributed by atoms with Gasteiger partial charge in [-0.15, -0.1) is 0 Å². The van der Waals surface area contributed by atoms with E-state index in [1.807, 2.05) is 30.3 Å². The highest BCUT2D eigenvalue weighted by Gasteiger charge is 2.43. The standard InChI is InChI=1S/C26H22ClN3O4S/c1-34-25(33)18-7-13-21(14-8-18)30-23(31)15-22(24(30)32)29(16-17-5-3-2-4-6-17)26(35)28-20-11-9-19(27)10-12-20/h2-14,22H,15-16H2,1H3,(H,28,35). The Bertz CT molecular complexity index is 1250. The first-order chi connectivity index (χ1) is 16.9. The van der Waals surface area contributed by atoms with Crippen LogP contribution in [0.2, 0.25) is 5.02 Å². The van der Waals surface area contributed by atoms with Crippen molar-refractivity contribution in [3.05, 3.63) is 95.0 Å². The van der Waals surface area contributed by atoms with Crippen LogP contribution in [0.25, 0.3) is 0 Å². The van der Waals surface area contributed by atoms with Gasteiger partial charge in [0.2, 0.25) is 5.91 Å². The number of amides is 2. The van der Waals surface area contributed by atoms with Gasteiger partial charge >= 0.3 is 5.97 Å². The van der Waals surface area contributed by atoms with Gasteiger partial charge in [0.15, 0.2) is 5.11 Å². The first kappa shape index (κ1) is 24.4. The van der Waals surface area contributed by atoms with Crippen molar-refractivity contribution in [1.82, 2.24) is 4.90 Å². The predicted octanol–water partition coefficient (Wildman–Crippen LogP) is 4.66. The smallest absolute Gasteiger partial charge is 0.337 e. The van der Waals surface area contributed by atoms with Crippen molar-refractivity contribution in [2.45, 2.75) is 19.0 Å². The zero-order chi connectivity index (χ0) is 24.9. The van der Waals surface area contributed by atoms with Gasteiger partial charge in [-0.1, -0.05) is 41.9 Å². The number of benzene rings is 3. The summed E-state index contributed by atoms with van der Waals surface area (Å²) in [6.07, 6.45) is -0.0349. The van der Waals surface area contributed by atoms with Crippen molar-refractivity contribution in [3.63, 3.8) is 0 Å². The maximum atomic E-state index is 13.5. The number of rotatable bonds is 6. The fourth-order valence-electron chi connectivity index (χ4n) is 3.83. The number of nitrogens with zero attached hydrogens (tertiary/aromatic N) is 2. The highest BCUT2D eigenvalue weighted by atomic mass is 35.5. The number of methoxy groups -OCH3 is 1. The number of carbonyl (C=O) groups excluding carboxylic acids is 3. The molecule has 0 spiro atoms. The first-order valence-corrected chi connectivity index (χ1v) is 11.6. The number of imide groups is 1. The van der Waals surface area contributed by atoms with Crippen molar-refractivity contribution in [2.75, 3.05) is 17.3 Å². The van der Waals surface area contributed by atoms with E-state index in [0.29, 0.717) is 33.6 Å². The molecule has 2 amide bonds. The minimum atomic E-state index is -0.796. The van der Waals surface area contributed by atoms with Gasteiger partial charge in [0.1, 0.15) is 6.04 Å². The minimum Gasteiger partial charge on any atom is -0.465 e. The van der Waals surface area contributed by atoms with Crippen LogP contribution in [0.3, 0.4) is 0 Å². The van der Waals surface area contributed by atoms with Crippen LogP contribution in [-0.4, -0.2) is 40.9 Å². The lowest BCUT2D eigenvalue weighted by atomic mass is 10.1. The van der Waals surface area contributed by atoms with Crippen LogP contribution in [-0.2, 0) is 20.9 Å². The van der Waals surface area contributed by atoms with Crippen LogP contribution >= 0.6 is 23.8 Å². The summed E-state index contributed by atoms with van der Waals surface area (Å²) in [5.74, 6) is -1.24. The second-order valence-corrected chi connectivity index (χ2v) is 8.70. The summed E-state index contributed by atoms with van der Waals surface area (Å²) in [6.45, 7) is 0.332. The molecule has 0 saturated carbocycles. The zero-order valence-corrected chi connectivity index (χ0v) is 20.4. The van der Waals surface area contributed by atoms with Crippen molar-refractivity contribution < 1.29 is 19.1 Å². The number of ether oxygens (including phenoxy) is 1. The van der Waals surface area contributed by atoms with Gasteiger partial charge in [-0.25, -0.2) is 9.69 Å². The van der Waals surface area contributed by atoms with E-state index in [1.54, 1.807) is 41.3 Å². The Labute approximate surface area is 213 Å². The summed E-state index contributed by atoms with van der Waals surface area (Å²) >= 11 is 11.7. The van der Waals surface area contributed by atoms with Gasteiger partial charge in [-0.2, -0.15) is 0 Å². The van der Waals surface area contributed by atoms with Crippen LogP contribution in [0, 0.1) is 0 Å². The third-order valence-corrected chi connectivity index (χ3v) is 6.19. The Kier molecular flexibility index (Phi) is 7.43. The molecule has 1 fully saturated rings. The Morgan fingerprint density at radius 3 is 2.34 bits per heavy atom. The van der Waals surface area contributed by atoms with Crippen molar-refractivity contribution in [1.29, 1.82) is 0 Å². The second-order valence-electron chi connectivity index (χ2n) is 7.88. The molecule has 3 aromatic rings. The Morgan fingerprint density at radius 2 is 1.71 bits per heavy atom. The summed E-state index contributed by atoms with van der Waals surface area (Å²) in [6, 6.07) is 22.0. The zero-order valence-electron chi connectivity index (χ0n) is 18.8. The van der Waals surface area contributed by atoms with E-state index in [2.05, 4.69) is 5.32 Å². The normalized spacial score (nSPS) is 15.1. The minimum absolute atomic E-state index is 0.0349. The number of nitrogens with one attached hydrogen (secondary N) is 1. The quantitative estimate of drug-likeness (QED) is 0.295. The molecule has 35 heavy (non-hydrogen) atoms. The van der Waals surface area contributed by atoms with Gasteiger partial charge in [0.25, 0.3) is 5.91 Å². The molecule has 0 radical (unpaired) electrons. The predicted molar refractivity (Wildman–Crippen MR) is 138 cm³/mol. The van der Waals surface area contributed by atoms with Crippen LogP contribution in [0.1, 0.15) is 22.3 Å². The molecule has 4 rings (SSSR count). The molecule has 1 N–H and O–H groups in total. The lowest BCUT2D eigenvalue weighted by Gasteiger charge is -2.30. The molecule has 0 aliphatic carbocycles. The lowest BCUT2D eigenvalue weighted by molar-refractivity contribution is -0.122. The summed E-state index contributed by atoms with van der Waals surface area (Å²) in [5, 5.41) is 4.05. The van der Waals surface area contributed by atoms with E-state index in [1.165, 1.54) is 19.2 Å². The number of halogens is 1. The average molecular weight is 508 g/mol. The maximum Gasteiger partial charge on any atom is 0.337 e. The number of carbonyl (C=O) groups is 3. The van der Waals surface area contributed by atoms with Gasteiger partial charge in [0, 0.05) is 17.3 Å². The third kappa shape index (κ3) is 5.50. The van der Waals surface area contributed by atoms with Crippen LogP contribution in [0.4, 0.5) is 11.4 Å². The van der Waals surface area contributed by atoms with E-state index >= 15 is 0 Å². The summed E-state index contributed by atoms with van der Waals surface area (Å²) in [7, 11) is 1.29. The van der Waals surface area contributed by atoms with Crippen molar-refractivity contribution in [3.8, 4) is 0 Å². The molecule has 1 atom stereocenters. The van der Waals surface area contributed by atoms with E-state index in [4.69, 9.17) is 28.6 Å². The highest BCUT2D eigenvalue weighted by Crippen LogP contribution is 2.28. The van der Waals surface area contributed by atoms with Crippen LogP contribution < -0.4 is 10.2 Å². The molecule has 1 saturated heterocycles. The first-order valence-electron chi connectivity index (χ1n) is 10.8. The molecule has 1 aliphatic heterocycles. The summed E-state index contributed by atoms with van der Waals surface area (Å²) in [5.41, 5.74) is 2.36. The Morgan fingerprint density at radius 1 is 1.06 bits per heavy atom. The van der Waals surface area contributed by atoms with Gasteiger partial charge in [-0.3, -0.25) is 9.59 Å². The SMILES string of the molecule is COC(=O)c1ccc(N2C(=O)CC(N(Cc3ccccc3)C(=S)Nc3ccc(Cl)cc3)C2=O)cc1. The molecule has 178 valence electrons. The molecule has 1 aliphatic rings. The number of hydrogen-bond acceptors (Lipinski definition) is 5. The van der Waals surface area contributed by atoms with Gasteiger partial charge in [0.05, 0.1) is 24.8 Å². The number of anilines is 2. The highest BCUT2D eigenvalue weighted by molar-refractivity contribution is 7.80. The van der Waals surface area contributed by atoms with E-state index in [0.717, 1.165) is 10.5 Å². The maximum absolute atomic E-state index is 13.5. The molecular formula is C26H22ClN3O4S. The number of hydrogen-bond donors (Lipinski definition) is 1. The van der Waals surface area contributed by atoms with Crippen molar-refractivity contribution >= 4 is 58.1 Å². The fourth-order valence-corrected chi connectivity index (χ4v) is 4.26. The molecule has 1 unspecified atom stereocenters. The van der Waals surface area contributed by atoms with E-state index in [9.17, 15) is 14.4 Å². The van der Waals surface area contributed by atoms with Crippen molar-refractivity contribution in [2.24, 2.45) is 0 Å². The summed E-state index contributed by atoms with van der Waals surface area (Å²) in [4.78, 5) is 41.0. The monoisotopic (exact) mass is 507 g/mol.